The third-order valence-corrected chi connectivity index (χ3v) is 11.2. The molecule has 0 bridgehead atoms. The standard InChI is InChI=1S/C20H36N2O4Si/c1-13(26-27(5,6)20(2,3)4)16-17(22-19(16)24)14-9-7-10-15(18(14)23)25-12-8-11-21/h13-18,23H,7-10,12H2,1-6H3,(H,22,24)/t13-,14-,15+,16-,17+,18+/m1/s1. The molecule has 1 saturated carbocycles. The lowest BCUT2D eigenvalue weighted by Crippen LogP contribution is -2.68. The molecule has 2 rings (SSSR count). The summed E-state index contributed by atoms with van der Waals surface area (Å²) in [5, 5.41) is 22.6. The maximum Gasteiger partial charge on any atom is 0.228 e. The molecular formula is C20H36N2O4Si. The van der Waals surface area contributed by atoms with E-state index in [1.807, 2.05) is 6.92 Å². The number of rotatable bonds is 7. The molecule has 6 nitrogen and oxygen atoms in total. The smallest absolute Gasteiger partial charge is 0.228 e. The number of nitrogens with one attached hydrogen (secondary N) is 1. The Morgan fingerprint density at radius 2 is 2.04 bits per heavy atom. The number of amides is 1. The van der Waals surface area contributed by atoms with Crippen LogP contribution in [0.2, 0.25) is 18.1 Å². The molecule has 1 saturated heterocycles. The number of aliphatic hydroxyl groups excluding tert-OH is 1. The van der Waals surface area contributed by atoms with Gasteiger partial charge in [0.05, 0.1) is 43.3 Å². The molecule has 1 heterocycles. The Hall–Kier alpha value is -0.943. The fraction of sp³-hybridized carbons (Fsp3) is 0.900. The highest BCUT2D eigenvalue weighted by Gasteiger charge is 2.52. The Labute approximate surface area is 164 Å². The number of carbonyl (C=O) groups is 1. The van der Waals surface area contributed by atoms with Gasteiger partial charge in [0.15, 0.2) is 8.32 Å². The molecule has 1 aliphatic heterocycles. The summed E-state index contributed by atoms with van der Waals surface area (Å²) in [5.74, 6) is -0.235. The molecule has 0 spiro atoms. The molecule has 1 aliphatic carbocycles. The minimum Gasteiger partial charge on any atom is -0.413 e. The average molecular weight is 397 g/mol. The Kier molecular flexibility index (Phi) is 7.12. The molecule has 154 valence electrons. The second kappa shape index (κ2) is 8.60. The average Bonchev–Trinajstić information content (AvgIpc) is 2.53. The molecule has 7 heteroatoms. The van der Waals surface area contributed by atoms with Gasteiger partial charge in [-0.1, -0.05) is 27.2 Å². The van der Waals surface area contributed by atoms with Gasteiger partial charge < -0.3 is 19.6 Å². The van der Waals surface area contributed by atoms with Crippen molar-refractivity contribution in [2.24, 2.45) is 11.8 Å². The molecule has 0 unspecified atom stereocenters. The molecular weight excluding hydrogens is 360 g/mol. The first kappa shape index (κ1) is 22.3. The van der Waals surface area contributed by atoms with Crippen molar-refractivity contribution in [3.8, 4) is 6.07 Å². The van der Waals surface area contributed by atoms with Crippen LogP contribution in [0.15, 0.2) is 0 Å². The summed E-state index contributed by atoms with van der Waals surface area (Å²) in [4.78, 5) is 12.3. The summed E-state index contributed by atoms with van der Waals surface area (Å²) in [6, 6.07) is 1.99. The zero-order valence-electron chi connectivity index (χ0n) is 17.6. The van der Waals surface area contributed by atoms with Crippen LogP contribution in [-0.4, -0.2) is 50.3 Å². The quantitative estimate of drug-likeness (QED) is 0.392. The highest BCUT2D eigenvalue weighted by Crippen LogP contribution is 2.41. The molecule has 0 radical (unpaired) electrons. The first-order valence-electron chi connectivity index (χ1n) is 10.1. The number of hydrogen-bond donors (Lipinski definition) is 2. The van der Waals surface area contributed by atoms with E-state index in [4.69, 9.17) is 14.4 Å². The topological polar surface area (TPSA) is 91.6 Å². The maximum absolute atomic E-state index is 12.3. The van der Waals surface area contributed by atoms with E-state index in [-0.39, 0.29) is 41.0 Å². The normalized spacial score (nSPS) is 33.0. The van der Waals surface area contributed by atoms with Crippen LogP contribution in [0, 0.1) is 23.2 Å². The van der Waals surface area contributed by atoms with Gasteiger partial charge in [0, 0.05) is 12.0 Å². The van der Waals surface area contributed by atoms with E-state index in [1.165, 1.54) is 0 Å². The van der Waals surface area contributed by atoms with Gasteiger partial charge in [-0.15, -0.1) is 0 Å². The van der Waals surface area contributed by atoms with E-state index < -0.39 is 14.4 Å². The first-order valence-corrected chi connectivity index (χ1v) is 13.0. The molecule has 1 amide bonds. The lowest BCUT2D eigenvalue weighted by atomic mass is 9.70. The van der Waals surface area contributed by atoms with Crippen molar-refractivity contribution in [3.05, 3.63) is 0 Å². The lowest BCUT2D eigenvalue weighted by Gasteiger charge is -2.50. The highest BCUT2D eigenvalue weighted by atomic mass is 28.4. The van der Waals surface area contributed by atoms with Gasteiger partial charge in [0.1, 0.15) is 0 Å². The number of hydrogen-bond acceptors (Lipinski definition) is 5. The lowest BCUT2D eigenvalue weighted by molar-refractivity contribution is -0.151. The van der Waals surface area contributed by atoms with Crippen LogP contribution in [-0.2, 0) is 14.0 Å². The zero-order valence-corrected chi connectivity index (χ0v) is 18.6. The van der Waals surface area contributed by atoms with Crippen LogP contribution >= 0.6 is 0 Å². The molecule has 6 atom stereocenters. The monoisotopic (exact) mass is 396 g/mol. The van der Waals surface area contributed by atoms with Gasteiger partial charge in [-0.25, -0.2) is 0 Å². The van der Waals surface area contributed by atoms with Gasteiger partial charge in [0.25, 0.3) is 0 Å². The van der Waals surface area contributed by atoms with Crippen molar-refractivity contribution in [3.63, 3.8) is 0 Å². The predicted octanol–water partition coefficient (Wildman–Crippen LogP) is 2.97. The van der Waals surface area contributed by atoms with E-state index in [0.29, 0.717) is 13.0 Å². The van der Waals surface area contributed by atoms with Crippen molar-refractivity contribution in [2.75, 3.05) is 6.61 Å². The fourth-order valence-corrected chi connectivity index (χ4v) is 5.44. The number of ether oxygens (including phenoxy) is 1. The Bertz CT molecular complexity index is 569. The third kappa shape index (κ3) is 4.92. The second-order valence-corrected chi connectivity index (χ2v) is 14.3. The van der Waals surface area contributed by atoms with E-state index in [0.717, 1.165) is 19.3 Å². The Morgan fingerprint density at radius 3 is 2.59 bits per heavy atom. The summed E-state index contributed by atoms with van der Waals surface area (Å²) in [7, 11) is -1.97. The Morgan fingerprint density at radius 1 is 1.37 bits per heavy atom. The number of carbonyl (C=O) groups excluding carboxylic acids is 1. The number of β-lactam (4-membered cyclic amide) rings is 1. The SMILES string of the molecule is C[C@@H](O[Si](C)(C)C(C)(C)C)[C@H]1C(=O)N[C@H]1[C@H]1CCC[C@H](OCCC#N)[C@H]1O. The molecule has 0 aromatic heterocycles. The van der Waals surface area contributed by atoms with Gasteiger partial charge in [0.2, 0.25) is 5.91 Å². The molecule has 0 aromatic carbocycles. The van der Waals surface area contributed by atoms with E-state index in [2.05, 4.69) is 45.3 Å². The fourth-order valence-electron chi connectivity index (χ4n) is 4.01. The molecule has 0 aromatic rings. The summed E-state index contributed by atoms with van der Waals surface area (Å²) in [5.41, 5.74) is 0. The third-order valence-electron chi connectivity index (χ3n) is 6.64. The minimum atomic E-state index is -1.97. The van der Waals surface area contributed by atoms with E-state index in [1.54, 1.807) is 0 Å². The first-order chi connectivity index (χ1) is 12.5. The Balaban J connectivity index is 2.03. The molecule has 2 N–H and O–H groups in total. The van der Waals surface area contributed by atoms with Crippen LogP contribution in [0.4, 0.5) is 0 Å². The number of aliphatic hydroxyl groups is 1. The van der Waals surface area contributed by atoms with Crippen LogP contribution in [0.3, 0.4) is 0 Å². The molecule has 2 fully saturated rings. The van der Waals surface area contributed by atoms with Gasteiger partial charge in [-0.05, 0) is 37.9 Å². The summed E-state index contributed by atoms with van der Waals surface area (Å²) < 4.78 is 12.2. The van der Waals surface area contributed by atoms with Crippen LogP contribution in [0.5, 0.6) is 0 Å². The predicted molar refractivity (Wildman–Crippen MR) is 106 cm³/mol. The second-order valence-electron chi connectivity index (χ2n) is 9.55. The summed E-state index contributed by atoms with van der Waals surface area (Å²) in [6.07, 6.45) is 1.90. The van der Waals surface area contributed by atoms with Crippen LogP contribution in [0.1, 0.15) is 53.4 Å². The van der Waals surface area contributed by atoms with Gasteiger partial charge in [-0.3, -0.25) is 4.79 Å². The molecule has 27 heavy (non-hydrogen) atoms. The van der Waals surface area contributed by atoms with E-state index >= 15 is 0 Å². The number of nitriles is 1. The van der Waals surface area contributed by atoms with Crippen molar-refractivity contribution in [1.82, 2.24) is 5.32 Å². The summed E-state index contributed by atoms with van der Waals surface area (Å²) in [6.45, 7) is 13.3. The van der Waals surface area contributed by atoms with E-state index in [9.17, 15) is 9.90 Å². The summed E-state index contributed by atoms with van der Waals surface area (Å²) >= 11 is 0. The van der Waals surface area contributed by atoms with Gasteiger partial charge >= 0.3 is 0 Å². The van der Waals surface area contributed by atoms with Crippen molar-refractivity contribution in [1.29, 1.82) is 5.26 Å². The van der Waals surface area contributed by atoms with Crippen molar-refractivity contribution < 1.29 is 19.1 Å². The molecule has 2 aliphatic rings. The highest BCUT2D eigenvalue weighted by molar-refractivity contribution is 6.74. The van der Waals surface area contributed by atoms with Crippen molar-refractivity contribution >= 4 is 14.2 Å². The number of nitrogens with zero attached hydrogens (tertiary/aromatic N) is 1. The maximum atomic E-state index is 12.3. The van der Waals surface area contributed by atoms with Crippen molar-refractivity contribution in [2.45, 2.75) is 95.9 Å². The minimum absolute atomic E-state index is 0.0194. The van der Waals surface area contributed by atoms with Crippen LogP contribution in [0.25, 0.3) is 0 Å². The largest absolute Gasteiger partial charge is 0.413 e. The zero-order chi connectivity index (χ0) is 20.4. The van der Waals surface area contributed by atoms with Gasteiger partial charge in [-0.2, -0.15) is 5.26 Å². The van der Waals surface area contributed by atoms with Crippen LogP contribution < -0.4 is 5.32 Å².